The Balaban J connectivity index is 2.04. The molecule has 0 radical (unpaired) electrons. The predicted molar refractivity (Wildman–Crippen MR) is 76.7 cm³/mol. The van der Waals surface area contributed by atoms with Crippen molar-refractivity contribution >= 4 is 12.0 Å². The lowest BCUT2D eigenvalue weighted by atomic mass is 10.2. The summed E-state index contributed by atoms with van der Waals surface area (Å²) in [5.41, 5.74) is 0. The van der Waals surface area contributed by atoms with E-state index in [9.17, 15) is 9.59 Å². The molecule has 1 atom stereocenters. The van der Waals surface area contributed by atoms with Crippen molar-refractivity contribution in [1.82, 2.24) is 20.2 Å². The normalized spacial score (nSPS) is 16.6. The van der Waals surface area contributed by atoms with Gasteiger partial charge in [-0.15, -0.1) is 0 Å². The molecule has 3 N–H and O–H groups in total. The fourth-order valence-electron chi connectivity index (χ4n) is 2.79. The molecule has 1 aromatic rings. The Kier molecular flexibility index (Phi) is 5.19. The van der Waals surface area contributed by atoms with Crippen molar-refractivity contribution in [3.8, 4) is 0 Å². The molecule has 1 aliphatic carbocycles. The van der Waals surface area contributed by atoms with Crippen LogP contribution in [0.2, 0.25) is 0 Å². The Hall–Kier alpha value is -2.05. The van der Waals surface area contributed by atoms with Crippen LogP contribution < -0.4 is 5.32 Å². The van der Waals surface area contributed by atoms with Gasteiger partial charge >= 0.3 is 12.0 Å². The van der Waals surface area contributed by atoms with E-state index >= 15 is 0 Å². The van der Waals surface area contributed by atoms with Gasteiger partial charge in [0.05, 0.1) is 6.04 Å². The number of carboxylic acid groups (broad SMARTS) is 1. The van der Waals surface area contributed by atoms with Crippen LogP contribution in [0.3, 0.4) is 0 Å². The second kappa shape index (κ2) is 7.10. The molecule has 7 heteroatoms. The van der Waals surface area contributed by atoms with Gasteiger partial charge in [0.1, 0.15) is 12.4 Å². The zero-order valence-electron chi connectivity index (χ0n) is 12.2. The highest BCUT2D eigenvalue weighted by Gasteiger charge is 2.29. The van der Waals surface area contributed by atoms with Crippen LogP contribution in [0.4, 0.5) is 4.79 Å². The molecule has 1 saturated carbocycles. The standard InChI is InChI=1S/C14H22N4O3/c1-2-11(13-15-7-8-16-13)17-14(21)18(9-12(19)20)10-5-3-4-6-10/h7-8,10-11H,2-6,9H2,1H3,(H,15,16)(H,17,21)(H,19,20). The van der Waals surface area contributed by atoms with Crippen LogP contribution in [0.15, 0.2) is 12.4 Å². The first-order valence-electron chi connectivity index (χ1n) is 7.40. The molecular formula is C14H22N4O3. The maximum Gasteiger partial charge on any atom is 0.323 e. The lowest BCUT2D eigenvalue weighted by Gasteiger charge is -2.29. The van der Waals surface area contributed by atoms with E-state index in [-0.39, 0.29) is 24.7 Å². The highest BCUT2D eigenvalue weighted by molar-refractivity contribution is 5.80. The number of H-pyrrole nitrogens is 1. The van der Waals surface area contributed by atoms with Crippen LogP contribution in [-0.4, -0.2) is 44.6 Å². The molecule has 0 saturated heterocycles. The predicted octanol–water partition coefficient (Wildman–Crippen LogP) is 1.90. The number of carboxylic acids is 1. The Morgan fingerprint density at radius 2 is 2.24 bits per heavy atom. The van der Waals surface area contributed by atoms with Gasteiger partial charge in [-0.25, -0.2) is 9.78 Å². The van der Waals surface area contributed by atoms with Crippen molar-refractivity contribution in [2.45, 2.75) is 51.1 Å². The molecule has 116 valence electrons. The number of imidazole rings is 1. The van der Waals surface area contributed by atoms with Crippen molar-refractivity contribution in [1.29, 1.82) is 0 Å². The molecule has 1 aromatic heterocycles. The van der Waals surface area contributed by atoms with Gasteiger partial charge < -0.3 is 20.3 Å². The minimum absolute atomic E-state index is 0.0233. The van der Waals surface area contributed by atoms with Gasteiger partial charge in [0.25, 0.3) is 0 Å². The van der Waals surface area contributed by atoms with Gasteiger partial charge in [-0.05, 0) is 19.3 Å². The Bertz CT molecular complexity index is 469. The third-order valence-electron chi connectivity index (χ3n) is 3.89. The maximum absolute atomic E-state index is 12.4. The number of urea groups is 1. The van der Waals surface area contributed by atoms with Gasteiger partial charge in [-0.3, -0.25) is 4.79 Å². The number of rotatable bonds is 6. The Labute approximate surface area is 123 Å². The lowest BCUT2D eigenvalue weighted by Crippen LogP contribution is -2.48. The van der Waals surface area contributed by atoms with Crippen LogP contribution in [0.25, 0.3) is 0 Å². The van der Waals surface area contributed by atoms with E-state index in [1.165, 1.54) is 4.90 Å². The molecule has 21 heavy (non-hydrogen) atoms. The average Bonchev–Trinajstić information content (AvgIpc) is 3.13. The fourth-order valence-corrected chi connectivity index (χ4v) is 2.79. The van der Waals surface area contributed by atoms with Crippen molar-refractivity contribution in [3.63, 3.8) is 0 Å². The largest absolute Gasteiger partial charge is 0.480 e. The zero-order valence-corrected chi connectivity index (χ0v) is 12.2. The summed E-state index contributed by atoms with van der Waals surface area (Å²) in [5, 5.41) is 11.9. The van der Waals surface area contributed by atoms with Gasteiger partial charge in [-0.2, -0.15) is 0 Å². The second-order valence-corrected chi connectivity index (χ2v) is 5.34. The summed E-state index contributed by atoms with van der Waals surface area (Å²) in [4.78, 5) is 32.0. The molecule has 1 unspecified atom stereocenters. The number of carbonyl (C=O) groups is 2. The summed E-state index contributed by atoms with van der Waals surface area (Å²) in [6.07, 6.45) is 7.86. The molecule has 2 amide bonds. The number of amides is 2. The highest BCUT2D eigenvalue weighted by Crippen LogP contribution is 2.24. The smallest absolute Gasteiger partial charge is 0.323 e. The van der Waals surface area contributed by atoms with Crippen LogP contribution in [0.5, 0.6) is 0 Å². The van der Waals surface area contributed by atoms with Gasteiger partial charge in [-0.1, -0.05) is 19.8 Å². The van der Waals surface area contributed by atoms with Crippen LogP contribution in [0, 0.1) is 0 Å². The number of aromatic nitrogens is 2. The van der Waals surface area contributed by atoms with Gasteiger partial charge in [0.15, 0.2) is 0 Å². The number of nitrogens with zero attached hydrogens (tertiary/aromatic N) is 2. The summed E-state index contributed by atoms with van der Waals surface area (Å²) in [6, 6.07) is -0.534. The molecule has 0 aromatic carbocycles. The number of aromatic amines is 1. The van der Waals surface area contributed by atoms with E-state index in [1.807, 2.05) is 6.92 Å². The van der Waals surface area contributed by atoms with E-state index in [2.05, 4.69) is 15.3 Å². The number of nitrogens with one attached hydrogen (secondary N) is 2. The molecule has 7 nitrogen and oxygen atoms in total. The molecule has 1 aliphatic rings. The molecular weight excluding hydrogens is 272 g/mol. The number of hydrogen-bond acceptors (Lipinski definition) is 3. The summed E-state index contributed by atoms with van der Waals surface area (Å²) in [7, 11) is 0. The minimum Gasteiger partial charge on any atom is -0.480 e. The first-order valence-corrected chi connectivity index (χ1v) is 7.40. The van der Waals surface area contributed by atoms with E-state index in [0.29, 0.717) is 12.2 Å². The van der Waals surface area contributed by atoms with Crippen LogP contribution in [-0.2, 0) is 4.79 Å². The monoisotopic (exact) mass is 294 g/mol. The van der Waals surface area contributed by atoms with Crippen molar-refractivity contribution < 1.29 is 14.7 Å². The molecule has 0 spiro atoms. The van der Waals surface area contributed by atoms with Crippen LogP contribution >= 0.6 is 0 Å². The third kappa shape index (κ3) is 3.96. The van der Waals surface area contributed by atoms with Crippen molar-refractivity contribution in [2.75, 3.05) is 6.54 Å². The van der Waals surface area contributed by atoms with Gasteiger partial charge in [0.2, 0.25) is 0 Å². The molecule has 1 heterocycles. The first kappa shape index (κ1) is 15.3. The van der Waals surface area contributed by atoms with E-state index < -0.39 is 5.97 Å². The zero-order chi connectivity index (χ0) is 15.2. The highest BCUT2D eigenvalue weighted by atomic mass is 16.4. The van der Waals surface area contributed by atoms with Gasteiger partial charge in [0, 0.05) is 18.4 Å². The fraction of sp³-hybridized carbons (Fsp3) is 0.643. The van der Waals surface area contributed by atoms with Crippen LogP contribution in [0.1, 0.15) is 50.9 Å². The van der Waals surface area contributed by atoms with Crippen molar-refractivity contribution in [2.24, 2.45) is 0 Å². The summed E-state index contributed by atoms with van der Waals surface area (Å²) in [6.45, 7) is 1.69. The van der Waals surface area contributed by atoms with Crippen molar-refractivity contribution in [3.05, 3.63) is 18.2 Å². The Morgan fingerprint density at radius 3 is 2.76 bits per heavy atom. The second-order valence-electron chi connectivity index (χ2n) is 5.34. The SMILES string of the molecule is CCC(NC(=O)N(CC(=O)O)C1CCCC1)c1ncc[nH]1. The number of aliphatic carboxylic acids is 1. The first-order chi connectivity index (χ1) is 10.1. The maximum atomic E-state index is 12.4. The van der Waals surface area contributed by atoms with E-state index in [4.69, 9.17) is 5.11 Å². The number of hydrogen-bond donors (Lipinski definition) is 3. The Morgan fingerprint density at radius 1 is 1.52 bits per heavy atom. The van der Waals surface area contributed by atoms with E-state index in [0.717, 1.165) is 25.7 Å². The number of carbonyl (C=O) groups excluding carboxylic acids is 1. The molecule has 0 aliphatic heterocycles. The summed E-state index contributed by atoms with van der Waals surface area (Å²) < 4.78 is 0. The quantitative estimate of drug-likeness (QED) is 0.746. The molecule has 0 bridgehead atoms. The minimum atomic E-state index is -0.983. The molecule has 1 fully saturated rings. The van der Waals surface area contributed by atoms with E-state index in [1.54, 1.807) is 12.4 Å². The topological polar surface area (TPSA) is 98.3 Å². The average molecular weight is 294 g/mol. The third-order valence-corrected chi connectivity index (χ3v) is 3.89. The summed E-state index contributed by atoms with van der Waals surface area (Å²) >= 11 is 0. The summed E-state index contributed by atoms with van der Waals surface area (Å²) in [5.74, 6) is -0.296. The lowest BCUT2D eigenvalue weighted by molar-refractivity contribution is -0.138. The molecule has 2 rings (SSSR count).